The second-order valence-electron chi connectivity index (χ2n) is 7.63. The number of benzene rings is 1. The first-order chi connectivity index (χ1) is 11.5. The summed E-state index contributed by atoms with van der Waals surface area (Å²) in [6.45, 7) is 7.11. The van der Waals surface area contributed by atoms with Crippen molar-refractivity contribution in [1.29, 1.82) is 0 Å². The zero-order chi connectivity index (χ0) is 16.7. The topological polar surface area (TPSA) is 55.1 Å². The first-order valence-electron chi connectivity index (χ1n) is 8.56. The van der Waals surface area contributed by atoms with E-state index >= 15 is 0 Å². The van der Waals surface area contributed by atoms with E-state index in [1.165, 1.54) is 24.0 Å². The van der Waals surface area contributed by atoms with Gasteiger partial charge in [0.15, 0.2) is 11.5 Å². The number of nitrogens with one attached hydrogen (secondary N) is 1. The quantitative estimate of drug-likeness (QED) is 0.791. The molecule has 0 atom stereocenters. The van der Waals surface area contributed by atoms with Gasteiger partial charge in [0.2, 0.25) is 0 Å². The van der Waals surface area contributed by atoms with Crippen molar-refractivity contribution in [3.05, 3.63) is 53.3 Å². The molecular weight excluding hydrogens is 298 g/mol. The molecule has 0 radical (unpaired) electrons. The summed E-state index contributed by atoms with van der Waals surface area (Å²) < 4.78 is 1.83. The van der Waals surface area contributed by atoms with Crippen LogP contribution in [0.15, 0.2) is 36.4 Å². The number of nitrogens with zero attached hydrogens (tertiary/aromatic N) is 4. The van der Waals surface area contributed by atoms with E-state index in [2.05, 4.69) is 65.6 Å². The van der Waals surface area contributed by atoms with Crippen LogP contribution >= 0.6 is 0 Å². The van der Waals surface area contributed by atoms with Gasteiger partial charge in [-0.05, 0) is 42.0 Å². The zero-order valence-corrected chi connectivity index (χ0v) is 14.5. The molecular formula is C19H23N5. The molecule has 5 heteroatoms. The van der Waals surface area contributed by atoms with Crippen LogP contribution in [0.5, 0.6) is 0 Å². The molecule has 1 aliphatic carbocycles. The van der Waals surface area contributed by atoms with Gasteiger partial charge in [-0.3, -0.25) is 0 Å². The molecule has 4 rings (SSSR count). The number of fused-ring (bicyclic) bond motifs is 1. The second kappa shape index (κ2) is 5.58. The predicted molar refractivity (Wildman–Crippen MR) is 95.2 cm³/mol. The Labute approximate surface area is 142 Å². The Kier molecular flexibility index (Phi) is 3.52. The summed E-state index contributed by atoms with van der Waals surface area (Å²) in [6, 6.07) is 12.8. The van der Waals surface area contributed by atoms with Crippen molar-refractivity contribution in [1.82, 2.24) is 19.8 Å². The molecule has 2 heterocycles. The van der Waals surface area contributed by atoms with Gasteiger partial charge in [0.1, 0.15) is 5.82 Å². The lowest BCUT2D eigenvalue weighted by molar-refractivity contribution is 0.527. The van der Waals surface area contributed by atoms with E-state index in [9.17, 15) is 0 Å². The Hall–Kier alpha value is -2.43. The van der Waals surface area contributed by atoms with Crippen molar-refractivity contribution >= 4 is 11.5 Å². The Morgan fingerprint density at radius 3 is 2.46 bits per heavy atom. The average molecular weight is 321 g/mol. The lowest BCUT2D eigenvalue weighted by Crippen LogP contribution is -2.17. The fraction of sp³-hybridized carbons (Fsp3) is 0.421. The number of aromatic nitrogens is 4. The van der Waals surface area contributed by atoms with Crippen LogP contribution in [0.2, 0.25) is 0 Å². The molecule has 1 saturated carbocycles. The Morgan fingerprint density at radius 2 is 1.79 bits per heavy atom. The van der Waals surface area contributed by atoms with Crippen LogP contribution in [0.1, 0.15) is 56.5 Å². The van der Waals surface area contributed by atoms with Gasteiger partial charge in [0, 0.05) is 12.0 Å². The smallest absolute Gasteiger partial charge is 0.178 e. The van der Waals surface area contributed by atoms with Gasteiger partial charge in [-0.1, -0.05) is 45.0 Å². The molecule has 24 heavy (non-hydrogen) atoms. The standard InChI is InChI=1S/C19H23N5/c1-19(2,3)18-22-21-17-11-10-16(23-24(17)18)20-12-13-4-6-14(7-5-13)15-8-9-15/h4-7,10-11,15H,8-9,12H2,1-3H3,(H,20,23). The van der Waals surface area contributed by atoms with E-state index in [-0.39, 0.29) is 5.41 Å². The van der Waals surface area contributed by atoms with Gasteiger partial charge in [-0.2, -0.15) is 4.52 Å². The number of hydrogen-bond donors (Lipinski definition) is 1. The number of rotatable bonds is 4. The molecule has 0 unspecified atom stereocenters. The number of hydrogen-bond acceptors (Lipinski definition) is 4. The van der Waals surface area contributed by atoms with Crippen LogP contribution in [0, 0.1) is 0 Å². The monoisotopic (exact) mass is 321 g/mol. The maximum atomic E-state index is 4.65. The predicted octanol–water partition coefficient (Wildman–Crippen LogP) is 3.91. The summed E-state index contributed by atoms with van der Waals surface area (Å²) >= 11 is 0. The van der Waals surface area contributed by atoms with Gasteiger partial charge in [-0.25, -0.2) is 0 Å². The fourth-order valence-electron chi connectivity index (χ4n) is 2.87. The summed E-state index contributed by atoms with van der Waals surface area (Å²) in [5.41, 5.74) is 3.42. The highest BCUT2D eigenvalue weighted by atomic mass is 15.4. The Balaban J connectivity index is 1.51. The third-order valence-corrected chi connectivity index (χ3v) is 4.44. The minimum atomic E-state index is -0.0936. The summed E-state index contributed by atoms with van der Waals surface area (Å²) in [5.74, 6) is 2.51. The van der Waals surface area contributed by atoms with Crippen molar-refractivity contribution in [2.24, 2.45) is 0 Å². The Bertz CT molecular complexity index is 854. The van der Waals surface area contributed by atoms with E-state index in [0.717, 1.165) is 29.8 Å². The van der Waals surface area contributed by atoms with Crippen LogP contribution in [0.25, 0.3) is 5.65 Å². The molecule has 2 aromatic heterocycles. The van der Waals surface area contributed by atoms with E-state index in [4.69, 9.17) is 0 Å². The fourth-order valence-corrected chi connectivity index (χ4v) is 2.87. The van der Waals surface area contributed by atoms with Crippen molar-refractivity contribution < 1.29 is 0 Å². The lowest BCUT2D eigenvalue weighted by atomic mass is 9.96. The molecule has 1 N–H and O–H groups in total. The molecule has 1 aliphatic rings. The third kappa shape index (κ3) is 2.98. The third-order valence-electron chi connectivity index (χ3n) is 4.44. The minimum Gasteiger partial charge on any atom is -0.365 e. The summed E-state index contributed by atoms with van der Waals surface area (Å²) in [4.78, 5) is 0. The molecule has 0 bridgehead atoms. The van der Waals surface area contributed by atoms with Crippen molar-refractivity contribution in [3.8, 4) is 0 Å². The maximum Gasteiger partial charge on any atom is 0.178 e. The first kappa shape index (κ1) is 15.1. The van der Waals surface area contributed by atoms with E-state index < -0.39 is 0 Å². The molecule has 5 nitrogen and oxygen atoms in total. The van der Waals surface area contributed by atoms with E-state index in [1.54, 1.807) is 0 Å². The molecule has 3 aromatic rings. The summed E-state index contributed by atoms with van der Waals surface area (Å²) in [6.07, 6.45) is 2.69. The molecule has 0 spiro atoms. The first-order valence-corrected chi connectivity index (χ1v) is 8.56. The normalized spacial score (nSPS) is 15.0. The number of anilines is 1. The average Bonchev–Trinajstić information content (AvgIpc) is 3.31. The zero-order valence-electron chi connectivity index (χ0n) is 14.5. The van der Waals surface area contributed by atoms with E-state index in [0.29, 0.717) is 0 Å². The van der Waals surface area contributed by atoms with Crippen LogP contribution in [-0.4, -0.2) is 19.8 Å². The second-order valence-corrected chi connectivity index (χ2v) is 7.63. The van der Waals surface area contributed by atoms with Crippen LogP contribution in [0.4, 0.5) is 5.82 Å². The molecule has 1 fully saturated rings. The highest BCUT2D eigenvalue weighted by Gasteiger charge is 2.23. The molecule has 124 valence electrons. The van der Waals surface area contributed by atoms with Gasteiger partial charge >= 0.3 is 0 Å². The molecule has 0 amide bonds. The molecule has 0 saturated heterocycles. The van der Waals surface area contributed by atoms with Crippen molar-refractivity contribution in [2.75, 3.05) is 5.32 Å². The van der Waals surface area contributed by atoms with Gasteiger partial charge < -0.3 is 5.32 Å². The summed E-state index contributed by atoms with van der Waals surface area (Å²) in [7, 11) is 0. The minimum absolute atomic E-state index is 0.0936. The van der Waals surface area contributed by atoms with Crippen LogP contribution in [0.3, 0.4) is 0 Å². The van der Waals surface area contributed by atoms with Gasteiger partial charge in [0.05, 0.1) is 0 Å². The Morgan fingerprint density at radius 1 is 1.04 bits per heavy atom. The largest absolute Gasteiger partial charge is 0.365 e. The highest BCUT2D eigenvalue weighted by molar-refractivity contribution is 5.45. The molecule has 0 aliphatic heterocycles. The highest BCUT2D eigenvalue weighted by Crippen LogP contribution is 2.39. The van der Waals surface area contributed by atoms with Crippen LogP contribution < -0.4 is 5.32 Å². The van der Waals surface area contributed by atoms with Crippen molar-refractivity contribution in [3.63, 3.8) is 0 Å². The maximum absolute atomic E-state index is 4.65. The van der Waals surface area contributed by atoms with Crippen LogP contribution in [-0.2, 0) is 12.0 Å². The van der Waals surface area contributed by atoms with Gasteiger partial charge in [0.25, 0.3) is 0 Å². The SMILES string of the molecule is CC(C)(C)c1nnc2ccc(NCc3ccc(C4CC4)cc3)nn12. The summed E-state index contributed by atoms with van der Waals surface area (Å²) in [5, 5.41) is 16.5. The van der Waals surface area contributed by atoms with E-state index in [1.807, 2.05) is 16.6 Å². The van der Waals surface area contributed by atoms with Gasteiger partial charge in [-0.15, -0.1) is 15.3 Å². The molecule has 1 aromatic carbocycles. The lowest BCUT2D eigenvalue weighted by Gasteiger charge is -2.15. The van der Waals surface area contributed by atoms with Crippen molar-refractivity contribution in [2.45, 2.75) is 51.5 Å².